The molecule has 0 unspecified atom stereocenters. The third kappa shape index (κ3) is 3.61. The smallest absolute Gasteiger partial charge is 0.417 e. The van der Waals surface area contributed by atoms with Crippen molar-refractivity contribution in [2.45, 2.75) is 24.1 Å². The highest BCUT2D eigenvalue weighted by Gasteiger charge is 2.43. The summed E-state index contributed by atoms with van der Waals surface area (Å²) < 4.78 is 75.3. The van der Waals surface area contributed by atoms with Gasteiger partial charge in [-0.15, -0.1) is 0 Å². The van der Waals surface area contributed by atoms with Gasteiger partial charge in [0, 0.05) is 6.07 Å². The second-order valence-corrected chi connectivity index (χ2v) is 7.68. The van der Waals surface area contributed by atoms with Gasteiger partial charge in [-0.25, -0.2) is 13.2 Å². The van der Waals surface area contributed by atoms with Gasteiger partial charge in [0.1, 0.15) is 17.6 Å². The maximum Gasteiger partial charge on any atom is 0.417 e. The van der Waals surface area contributed by atoms with Gasteiger partial charge in [-0.3, -0.25) is 0 Å². The molecule has 26 heavy (non-hydrogen) atoms. The number of sulfonamides is 1. The Hall–Kier alpha value is -2.33. The fourth-order valence-corrected chi connectivity index (χ4v) is 4.29. The van der Waals surface area contributed by atoms with Crippen molar-refractivity contribution < 1.29 is 30.7 Å². The average molecular weight is 389 g/mol. The molecule has 1 aliphatic rings. The zero-order valence-corrected chi connectivity index (χ0v) is 14.3. The maximum atomic E-state index is 13.1. The second-order valence-electron chi connectivity index (χ2n) is 5.78. The van der Waals surface area contributed by atoms with Crippen molar-refractivity contribution in [1.29, 1.82) is 0 Å². The zero-order valence-electron chi connectivity index (χ0n) is 13.5. The summed E-state index contributed by atoms with van der Waals surface area (Å²) in [5.41, 5.74) is -1.82. The lowest BCUT2D eigenvalue weighted by Crippen LogP contribution is -2.56. The van der Waals surface area contributed by atoms with E-state index in [4.69, 9.17) is 9.15 Å². The molecule has 0 amide bonds. The van der Waals surface area contributed by atoms with Crippen LogP contribution in [0.4, 0.5) is 13.2 Å². The summed E-state index contributed by atoms with van der Waals surface area (Å²) in [6.07, 6.45) is -5.34. The molecule has 0 saturated carbocycles. The minimum absolute atomic E-state index is 0.117. The molecule has 0 aliphatic carbocycles. The molecule has 3 rings (SSSR count). The predicted octanol–water partition coefficient (Wildman–Crippen LogP) is 2.42. The monoisotopic (exact) mass is 389 g/mol. The molecule has 1 aliphatic heterocycles. The lowest BCUT2D eigenvalue weighted by atomic mass is 10.2. The number of hydrogen-bond acceptors (Lipinski definition) is 5. The molecule has 0 spiro atoms. The standard InChI is InChI=1S/C16H14F3NO5S/c1-10-6-11(7-15(21)24-10)25-12-8-20(9-12)26(22,23)14-5-3-2-4-13(14)16(17,18)19/h2-7,12H,8-9H2,1H3. The largest absolute Gasteiger partial charge is 0.487 e. The second kappa shape index (κ2) is 6.44. The highest BCUT2D eigenvalue weighted by atomic mass is 32.2. The molecule has 0 bridgehead atoms. The van der Waals surface area contributed by atoms with Gasteiger partial charge in [0.25, 0.3) is 0 Å². The minimum atomic E-state index is -4.78. The van der Waals surface area contributed by atoms with Crippen molar-refractivity contribution >= 4 is 10.0 Å². The van der Waals surface area contributed by atoms with Crippen LogP contribution in [-0.2, 0) is 16.2 Å². The number of aryl methyl sites for hydroxylation is 1. The molecule has 0 N–H and O–H groups in total. The van der Waals surface area contributed by atoms with E-state index < -0.39 is 38.4 Å². The Balaban J connectivity index is 1.75. The summed E-state index contributed by atoms with van der Waals surface area (Å²) in [6, 6.07) is 6.61. The van der Waals surface area contributed by atoms with E-state index in [2.05, 4.69) is 0 Å². The molecule has 6 nitrogen and oxygen atoms in total. The van der Waals surface area contributed by atoms with Crippen LogP contribution < -0.4 is 10.4 Å². The van der Waals surface area contributed by atoms with E-state index in [0.717, 1.165) is 28.6 Å². The van der Waals surface area contributed by atoms with Gasteiger partial charge in [0.05, 0.1) is 29.6 Å². The fourth-order valence-electron chi connectivity index (χ4n) is 2.57. The van der Waals surface area contributed by atoms with E-state index in [1.54, 1.807) is 6.92 Å². The fraction of sp³-hybridized carbons (Fsp3) is 0.312. The third-order valence-electron chi connectivity index (χ3n) is 3.79. The summed E-state index contributed by atoms with van der Waals surface area (Å²) in [4.78, 5) is 10.5. The maximum absolute atomic E-state index is 13.1. The van der Waals surface area contributed by atoms with Gasteiger partial charge < -0.3 is 9.15 Å². The van der Waals surface area contributed by atoms with E-state index in [1.807, 2.05) is 0 Å². The molecule has 1 aromatic carbocycles. The molecular weight excluding hydrogens is 375 g/mol. The first-order chi connectivity index (χ1) is 12.1. The lowest BCUT2D eigenvalue weighted by molar-refractivity contribution is -0.139. The number of hydrogen-bond donors (Lipinski definition) is 0. The summed E-state index contributed by atoms with van der Waals surface area (Å²) in [5.74, 6) is 0.548. The van der Waals surface area contributed by atoms with Crippen LogP contribution >= 0.6 is 0 Å². The molecular formula is C16H14F3NO5S. The van der Waals surface area contributed by atoms with Crippen LogP contribution in [-0.4, -0.2) is 31.9 Å². The first kappa shape index (κ1) is 18.5. The molecule has 2 heterocycles. The van der Waals surface area contributed by atoms with Crippen LogP contribution in [0, 0.1) is 6.92 Å². The van der Waals surface area contributed by atoms with Gasteiger partial charge in [-0.1, -0.05) is 12.1 Å². The Bertz CT molecular complexity index is 978. The minimum Gasteiger partial charge on any atom is -0.487 e. The zero-order chi connectivity index (χ0) is 19.1. The van der Waals surface area contributed by atoms with Crippen LogP contribution in [0.3, 0.4) is 0 Å². The quantitative estimate of drug-likeness (QED) is 0.803. The summed E-state index contributed by atoms with van der Waals surface area (Å²) in [6.45, 7) is 1.32. The van der Waals surface area contributed by atoms with Gasteiger partial charge >= 0.3 is 11.8 Å². The Morgan fingerprint density at radius 2 is 1.85 bits per heavy atom. The summed E-state index contributed by atoms with van der Waals surface area (Å²) >= 11 is 0. The molecule has 0 atom stereocenters. The van der Waals surface area contributed by atoms with Crippen LogP contribution in [0.5, 0.6) is 5.75 Å². The summed E-state index contributed by atoms with van der Waals surface area (Å²) in [7, 11) is -4.30. The number of halogens is 3. The number of nitrogens with zero attached hydrogens (tertiary/aromatic N) is 1. The molecule has 10 heteroatoms. The molecule has 1 fully saturated rings. The highest BCUT2D eigenvalue weighted by Crippen LogP contribution is 2.36. The predicted molar refractivity (Wildman–Crippen MR) is 84.3 cm³/mol. The van der Waals surface area contributed by atoms with Crippen LogP contribution in [0.1, 0.15) is 11.3 Å². The van der Waals surface area contributed by atoms with E-state index in [1.165, 1.54) is 12.1 Å². The van der Waals surface area contributed by atoms with E-state index in [0.29, 0.717) is 5.76 Å². The van der Waals surface area contributed by atoms with Crippen molar-refractivity contribution in [3.63, 3.8) is 0 Å². The van der Waals surface area contributed by atoms with Crippen LogP contribution in [0.15, 0.2) is 50.5 Å². The lowest BCUT2D eigenvalue weighted by Gasteiger charge is -2.38. The average Bonchev–Trinajstić information content (AvgIpc) is 2.48. The first-order valence-electron chi connectivity index (χ1n) is 7.52. The summed E-state index contributed by atoms with van der Waals surface area (Å²) in [5, 5.41) is 0. The number of alkyl halides is 3. The van der Waals surface area contributed by atoms with E-state index in [-0.39, 0.29) is 18.8 Å². The Labute approximate surface area is 146 Å². The van der Waals surface area contributed by atoms with Gasteiger partial charge in [0.15, 0.2) is 0 Å². The number of ether oxygens (including phenoxy) is 1. The third-order valence-corrected chi connectivity index (χ3v) is 5.68. The first-order valence-corrected chi connectivity index (χ1v) is 8.96. The van der Waals surface area contributed by atoms with Crippen molar-refractivity contribution in [3.05, 3.63) is 58.1 Å². The Morgan fingerprint density at radius 1 is 1.19 bits per heavy atom. The van der Waals surface area contributed by atoms with Gasteiger partial charge in [0.2, 0.25) is 10.0 Å². The number of rotatable bonds is 4. The van der Waals surface area contributed by atoms with Crippen LogP contribution in [0.2, 0.25) is 0 Å². The Morgan fingerprint density at radius 3 is 2.46 bits per heavy atom. The van der Waals surface area contributed by atoms with E-state index in [9.17, 15) is 26.4 Å². The van der Waals surface area contributed by atoms with E-state index >= 15 is 0 Å². The van der Waals surface area contributed by atoms with Crippen molar-refractivity contribution in [2.24, 2.45) is 0 Å². The topological polar surface area (TPSA) is 76.8 Å². The van der Waals surface area contributed by atoms with Crippen molar-refractivity contribution in [2.75, 3.05) is 13.1 Å². The Kier molecular flexibility index (Phi) is 4.57. The van der Waals surface area contributed by atoms with Gasteiger partial charge in [-0.2, -0.15) is 17.5 Å². The molecule has 1 saturated heterocycles. The van der Waals surface area contributed by atoms with Crippen molar-refractivity contribution in [3.8, 4) is 5.75 Å². The van der Waals surface area contributed by atoms with Crippen LogP contribution in [0.25, 0.3) is 0 Å². The molecule has 0 radical (unpaired) electrons. The molecule has 140 valence electrons. The molecule has 1 aromatic heterocycles. The molecule has 2 aromatic rings. The normalized spacial score (nSPS) is 16.3. The van der Waals surface area contributed by atoms with Crippen molar-refractivity contribution in [1.82, 2.24) is 4.31 Å². The highest BCUT2D eigenvalue weighted by molar-refractivity contribution is 7.89. The van der Waals surface area contributed by atoms with Gasteiger partial charge in [-0.05, 0) is 19.1 Å². The SMILES string of the molecule is Cc1cc(OC2CN(S(=O)(=O)c3ccccc3C(F)(F)F)C2)cc(=O)o1. The number of benzene rings is 1.